The fraction of sp³-hybridized carbons (Fsp3) is 0.625. The number of amides is 2. The number of carbonyl (C=O) groups excluding carboxylic acids is 2. The van der Waals surface area contributed by atoms with Crippen molar-refractivity contribution in [2.75, 3.05) is 11.4 Å². The van der Waals surface area contributed by atoms with Crippen molar-refractivity contribution < 1.29 is 24.0 Å². The Labute approximate surface area is 157 Å². The number of hydrogen-bond acceptors (Lipinski definition) is 7. The summed E-state index contributed by atoms with van der Waals surface area (Å²) in [6, 6.07) is -1.40. The van der Waals surface area contributed by atoms with Crippen LogP contribution in [-0.2, 0) is 9.59 Å². The largest absolute Gasteiger partial charge is 0.475 e. The molecule has 1 aromatic heterocycles. The lowest BCUT2D eigenvalue weighted by Crippen LogP contribution is -2.60. The second-order valence-corrected chi connectivity index (χ2v) is 7.09. The lowest BCUT2D eigenvalue weighted by atomic mass is 9.75. The molecule has 3 unspecified atom stereocenters. The molecule has 0 saturated carbocycles. The van der Waals surface area contributed by atoms with Crippen LogP contribution in [-0.4, -0.2) is 63.5 Å². The molecule has 0 spiro atoms. The highest BCUT2D eigenvalue weighted by Gasteiger charge is 2.37. The van der Waals surface area contributed by atoms with Crippen LogP contribution in [0.15, 0.2) is 12.4 Å². The van der Waals surface area contributed by atoms with Gasteiger partial charge < -0.3 is 25.6 Å². The normalized spacial score (nSPS) is 18.5. The summed E-state index contributed by atoms with van der Waals surface area (Å²) in [4.78, 5) is 34.0. The zero-order valence-corrected chi connectivity index (χ0v) is 15.6. The van der Waals surface area contributed by atoms with E-state index in [1.165, 1.54) is 6.92 Å². The predicted octanol–water partition coefficient (Wildman–Crippen LogP) is -0.758. The Hall–Kier alpha value is -2.27. The van der Waals surface area contributed by atoms with Gasteiger partial charge in [-0.25, -0.2) is 14.4 Å². The number of anilines is 1. The smallest absolute Gasteiger partial charge is 0.426 e. The van der Waals surface area contributed by atoms with E-state index < -0.39 is 36.9 Å². The Morgan fingerprint density at radius 3 is 2.41 bits per heavy atom. The molecule has 1 saturated heterocycles. The standard InChI is InChI=1S/C16H25BFN5O4/c1-9(2)6-13(17(26)27)22-14(24)10(3)21-15(25)12-4-5-23(12)16-19-7-11(18)8-20-16/h7-10,12-13,26-27H,4-6H2,1-3H3,(H,21,25)(H,22,24). The number of hydrogen-bond donors (Lipinski definition) is 4. The first kappa shape index (κ1) is 21.0. The Morgan fingerprint density at radius 2 is 1.93 bits per heavy atom. The molecule has 0 aromatic carbocycles. The summed E-state index contributed by atoms with van der Waals surface area (Å²) in [6.45, 7) is 5.86. The fourth-order valence-electron chi connectivity index (χ4n) is 2.80. The average Bonchev–Trinajstić information content (AvgIpc) is 2.54. The minimum absolute atomic E-state index is 0.154. The first-order valence-electron chi connectivity index (χ1n) is 8.90. The maximum atomic E-state index is 12.9. The van der Waals surface area contributed by atoms with Crippen molar-refractivity contribution in [1.82, 2.24) is 20.6 Å². The average molecular weight is 381 g/mol. The maximum absolute atomic E-state index is 12.9. The Bertz CT molecular complexity index is 661. The van der Waals surface area contributed by atoms with Gasteiger partial charge in [-0.1, -0.05) is 13.8 Å². The third-order valence-corrected chi connectivity index (χ3v) is 4.35. The predicted molar refractivity (Wildman–Crippen MR) is 96.9 cm³/mol. The number of aromatic nitrogens is 2. The Morgan fingerprint density at radius 1 is 1.30 bits per heavy atom. The van der Waals surface area contributed by atoms with Crippen molar-refractivity contribution in [1.29, 1.82) is 0 Å². The molecule has 2 heterocycles. The van der Waals surface area contributed by atoms with Gasteiger partial charge in [-0.15, -0.1) is 0 Å². The molecule has 4 N–H and O–H groups in total. The minimum Gasteiger partial charge on any atom is -0.426 e. The molecule has 1 aliphatic heterocycles. The van der Waals surface area contributed by atoms with Gasteiger partial charge in [0.1, 0.15) is 12.1 Å². The number of rotatable bonds is 8. The van der Waals surface area contributed by atoms with E-state index in [0.717, 1.165) is 12.4 Å². The number of nitrogens with zero attached hydrogens (tertiary/aromatic N) is 3. The molecular weight excluding hydrogens is 356 g/mol. The van der Waals surface area contributed by atoms with Gasteiger partial charge in [0, 0.05) is 6.54 Å². The zero-order valence-electron chi connectivity index (χ0n) is 15.6. The summed E-state index contributed by atoms with van der Waals surface area (Å²) >= 11 is 0. The second kappa shape index (κ2) is 9.09. The van der Waals surface area contributed by atoms with Gasteiger partial charge in [0.05, 0.1) is 18.3 Å². The number of halogens is 1. The SMILES string of the molecule is CC(C)CC(NC(=O)C(C)NC(=O)C1CCN1c1ncc(F)cn1)B(O)O. The first-order chi connectivity index (χ1) is 12.7. The molecule has 2 amide bonds. The van der Waals surface area contributed by atoms with E-state index in [2.05, 4.69) is 20.6 Å². The molecule has 1 aliphatic rings. The van der Waals surface area contributed by atoms with E-state index in [-0.39, 0.29) is 17.8 Å². The van der Waals surface area contributed by atoms with Gasteiger partial charge in [0.2, 0.25) is 17.8 Å². The third kappa shape index (κ3) is 5.60. The van der Waals surface area contributed by atoms with Crippen molar-refractivity contribution in [3.8, 4) is 0 Å². The number of nitrogens with one attached hydrogen (secondary N) is 2. The summed E-state index contributed by atoms with van der Waals surface area (Å²) < 4.78 is 12.9. The quantitative estimate of drug-likeness (QED) is 0.436. The van der Waals surface area contributed by atoms with Gasteiger partial charge in [0.25, 0.3) is 0 Å². The monoisotopic (exact) mass is 381 g/mol. The van der Waals surface area contributed by atoms with Gasteiger partial charge in [-0.2, -0.15) is 0 Å². The molecule has 1 aromatic rings. The van der Waals surface area contributed by atoms with Crippen LogP contribution in [0.1, 0.15) is 33.6 Å². The first-order valence-corrected chi connectivity index (χ1v) is 8.90. The van der Waals surface area contributed by atoms with E-state index in [1.807, 2.05) is 13.8 Å². The van der Waals surface area contributed by atoms with Crippen LogP contribution in [0.25, 0.3) is 0 Å². The highest BCUT2D eigenvalue weighted by molar-refractivity contribution is 6.43. The Kier molecular flexibility index (Phi) is 7.08. The van der Waals surface area contributed by atoms with Crippen LogP contribution >= 0.6 is 0 Å². The van der Waals surface area contributed by atoms with Gasteiger partial charge in [-0.05, 0) is 25.7 Å². The van der Waals surface area contributed by atoms with Crippen molar-refractivity contribution in [3.05, 3.63) is 18.2 Å². The summed E-state index contributed by atoms with van der Waals surface area (Å²) in [5.74, 6) is -1.86. The van der Waals surface area contributed by atoms with E-state index in [4.69, 9.17) is 0 Å². The van der Waals surface area contributed by atoms with Crippen LogP contribution in [0.2, 0.25) is 0 Å². The third-order valence-electron chi connectivity index (χ3n) is 4.35. The van der Waals surface area contributed by atoms with Crippen LogP contribution < -0.4 is 15.5 Å². The van der Waals surface area contributed by atoms with Crippen molar-refractivity contribution in [2.24, 2.45) is 5.92 Å². The van der Waals surface area contributed by atoms with E-state index in [9.17, 15) is 24.0 Å². The van der Waals surface area contributed by atoms with Crippen LogP contribution in [0.4, 0.5) is 10.3 Å². The lowest BCUT2D eigenvalue weighted by Gasteiger charge is -2.40. The number of carbonyl (C=O) groups is 2. The van der Waals surface area contributed by atoms with Gasteiger partial charge >= 0.3 is 7.12 Å². The topological polar surface area (TPSA) is 128 Å². The van der Waals surface area contributed by atoms with Crippen molar-refractivity contribution >= 4 is 24.9 Å². The van der Waals surface area contributed by atoms with Crippen LogP contribution in [0.5, 0.6) is 0 Å². The zero-order chi connectivity index (χ0) is 20.1. The molecule has 3 atom stereocenters. The molecule has 9 nitrogen and oxygen atoms in total. The highest BCUT2D eigenvalue weighted by Crippen LogP contribution is 2.22. The van der Waals surface area contributed by atoms with E-state index in [1.54, 1.807) is 4.90 Å². The van der Waals surface area contributed by atoms with E-state index in [0.29, 0.717) is 19.4 Å². The fourth-order valence-corrected chi connectivity index (χ4v) is 2.80. The molecule has 1 fully saturated rings. The maximum Gasteiger partial charge on any atom is 0.475 e. The molecule has 2 rings (SSSR count). The highest BCUT2D eigenvalue weighted by atomic mass is 19.1. The summed E-state index contributed by atoms with van der Waals surface area (Å²) in [6.07, 6.45) is 3.01. The molecular formula is C16H25BFN5O4. The van der Waals surface area contributed by atoms with Crippen LogP contribution in [0.3, 0.4) is 0 Å². The molecule has 0 aliphatic carbocycles. The molecule has 27 heavy (non-hydrogen) atoms. The second-order valence-electron chi connectivity index (χ2n) is 7.09. The van der Waals surface area contributed by atoms with Crippen molar-refractivity contribution in [2.45, 2.75) is 51.6 Å². The lowest BCUT2D eigenvalue weighted by molar-refractivity contribution is -0.130. The molecule has 148 valence electrons. The molecule has 11 heteroatoms. The van der Waals surface area contributed by atoms with E-state index >= 15 is 0 Å². The van der Waals surface area contributed by atoms with Gasteiger partial charge in [-0.3, -0.25) is 9.59 Å². The molecule has 0 bridgehead atoms. The Balaban J connectivity index is 1.90. The van der Waals surface area contributed by atoms with Crippen LogP contribution in [0, 0.1) is 11.7 Å². The molecule has 0 radical (unpaired) electrons. The summed E-state index contributed by atoms with van der Waals surface area (Å²) in [5.41, 5.74) is 0. The van der Waals surface area contributed by atoms with Crippen molar-refractivity contribution in [3.63, 3.8) is 0 Å². The summed E-state index contributed by atoms with van der Waals surface area (Å²) in [7, 11) is -1.68. The minimum atomic E-state index is -1.68. The van der Waals surface area contributed by atoms with Gasteiger partial charge in [0.15, 0.2) is 5.82 Å². The summed E-state index contributed by atoms with van der Waals surface area (Å²) in [5, 5.41) is 23.9.